The van der Waals surface area contributed by atoms with E-state index in [1.54, 1.807) is 0 Å². The van der Waals surface area contributed by atoms with Crippen LogP contribution >= 0.6 is 0 Å². The van der Waals surface area contributed by atoms with E-state index in [9.17, 15) is 32.8 Å². The van der Waals surface area contributed by atoms with Crippen LogP contribution in [0.25, 0.3) is 0 Å². The summed E-state index contributed by atoms with van der Waals surface area (Å²) in [7, 11) is -5.14. The molecular formula is C16H28Li2O7S. The van der Waals surface area contributed by atoms with Crippen LogP contribution < -0.4 is 47.9 Å². The van der Waals surface area contributed by atoms with Gasteiger partial charge in [0.15, 0.2) is 0 Å². The number of unbranched alkanes of at least 4 members (excludes halogenated alkanes) is 6. The minimum atomic E-state index is -5.14. The predicted octanol–water partition coefficient (Wildman–Crippen LogP) is -5.32. The zero-order valence-corrected chi connectivity index (χ0v) is 17.3. The summed E-state index contributed by atoms with van der Waals surface area (Å²) < 4.78 is 32.4. The first kappa shape index (κ1) is 30.8. The van der Waals surface area contributed by atoms with Crippen LogP contribution in [0.4, 0.5) is 0 Å². The zero-order valence-electron chi connectivity index (χ0n) is 16.5. The fourth-order valence-electron chi connectivity index (χ4n) is 3.07. The summed E-state index contributed by atoms with van der Waals surface area (Å²) in [6.45, 7) is 3.91. The Morgan fingerprint density at radius 2 is 1.27 bits per heavy atom. The fraction of sp³-hybridized carbons (Fsp3) is 0.875. The van der Waals surface area contributed by atoms with Gasteiger partial charge in [-0.3, -0.25) is 4.55 Å². The van der Waals surface area contributed by atoms with E-state index in [0.717, 1.165) is 25.7 Å². The number of carboxylic acid groups (broad SMARTS) is 2. The summed E-state index contributed by atoms with van der Waals surface area (Å²) in [5, 5.41) is 20.6. The van der Waals surface area contributed by atoms with Crippen molar-refractivity contribution in [1.82, 2.24) is 0 Å². The first-order chi connectivity index (χ1) is 11.1. The summed E-state index contributed by atoms with van der Waals surface area (Å²) in [6, 6.07) is 0. The average molecular weight is 378 g/mol. The Morgan fingerprint density at radius 3 is 1.50 bits per heavy atom. The van der Waals surface area contributed by atoms with Gasteiger partial charge in [0.05, 0.1) is 5.97 Å². The third kappa shape index (κ3) is 9.83. The zero-order chi connectivity index (χ0) is 18.8. The number of carbonyl (C=O) groups is 2. The molecule has 0 aliphatic rings. The number of hydrogen-bond donors (Lipinski definition) is 1. The van der Waals surface area contributed by atoms with Gasteiger partial charge in [0, 0.05) is 11.4 Å². The van der Waals surface area contributed by atoms with E-state index in [0.29, 0.717) is 25.7 Å². The summed E-state index contributed by atoms with van der Waals surface area (Å²) in [4.78, 5) is 23.1. The Bertz CT molecular complexity index is 497. The summed E-state index contributed by atoms with van der Waals surface area (Å²) in [5.74, 6) is -3.87. The summed E-state index contributed by atoms with van der Waals surface area (Å²) in [5.41, 5.74) is -2.17. The van der Waals surface area contributed by atoms with Crippen LogP contribution in [0.3, 0.4) is 0 Å². The molecule has 0 heterocycles. The van der Waals surface area contributed by atoms with Crippen LogP contribution in [0.2, 0.25) is 0 Å². The van der Waals surface area contributed by atoms with Crippen molar-refractivity contribution < 1.29 is 70.5 Å². The van der Waals surface area contributed by atoms with E-state index in [4.69, 9.17) is 0 Å². The van der Waals surface area contributed by atoms with Crippen LogP contribution in [0.1, 0.15) is 78.1 Å². The first-order valence-corrected chi connectivity index (χ1v) is 10.0. The van der Waals surface area contributed by atoms with Crippen LogP contribution in [-0.4, -0.2) is 30.2 Å². The number of carbonyl (C=O) groups excluding carboxylic acids is 2. The van der Waals surface area contributed by atoms with Gasteiger partial charge >= 0.3 is 37.7 Å². The topological polar surface area (TPSA) is 135 Å². The van der Waals surface area contributed by atoms with Crippen molar-refractivity contribution in [3.8, 4) is 0 Å². The second kappa shape index (κ2) is 15.0. The molecule has 0 aliphatic carbocycles. The number of hydrogen-bond acceptors (Lipinski definition) is 6. The van der Waals surface area contributed by atoms with Crippen molar-refractivity contribution in [3.05, 3.63) is 0 Å². The molecule has 142 valence electrons. The molecular weight excluding hydrogens is 350 g/mol. The minimum Gasteiger partial charge on any atom is -0.549 e. The molecule has 0 rings (SSSR count). The molecule has 1 atom stereocenters. The Morgan fingerprint density at radius 1 is 0.885 bits per heavy atom. The Labute approximate surface area is 180 Å². The predicted molar refractivity (Wildman–Crippen MR) is 85.3 cm³/mol. The van der Waals surface area contributed by atoms with Crippen LogP contribution in [0, 0.1) is 5.41 Å². The van der Waals surface area contributed by atoms with Crippen molar-refractivity contribution in [1.29, 1.82) is 0 Å². The maximum absolute atomic E-state index is 11.8. The van der Waals surface area contributed by atoms with E-state index in [2.05, 4.69) is 0 Å². The van der Waals surface area contributed by atoms with Gasteiger partial charge in [-0.25, -0.2) is 0 Å². The molecule has 0 saturated heterocycles. The van der Waals surface area contributed by atoms with Gasteiger partial charge < -0.3 is 19.8 Å². The van der Waals surface area contributed by atoms with E-state index < -0.39 is 32.7 Å². The van der Waals surface area contributed by atoms with Gasteiger partial charge in [-0.1, -0.05) is 65.2 Å². The van der Waals surface area contributed by atoms with Crippen molar-refractivity contribution in [2.75, 3.05) is 0 Å². The molecule has 0 aromatic rings. The summed E-state index contributed by atoms with van der Waals surface area (Å²) >= 11 is 0. The Balaban J connectivity index is -0.00000264. The number of rotatable bonds is 14. The molecule has 0 spiro atoms. The van der Waals surface area contributed by atoms with Crippen molar-refractivity contribution in [2.24, 2.45) is 5.41 Å². The average Bonchev–Trinajstić information content (AvgIpc) is 2.45. The van der Waals surface area contributed by atoms with Crippen LogP contribution in [0.15, 0.2) is 0 Å². The fourth-order valence-corrected chi connectivity index (χ4v) is 4.21. The molecule has 1 N–H and O–H groups in total. The van der Waals surface area contributed by atoms with Gasteiger partial charge in [0.1, 0.15) is 5.25 Å². The molecule has 0 aromatic carbocycles. The van der Waals surface area contributed by atoms with E-state index in [1.807, 2.05) is 13.8 Å². The third-order valence-electron chi connectivity index (χ3n) is 4.37. The minimum absolute atomic E-state index is 0. The molecule has 10 heteroatoms. The summed E-state index contributed by atoms with van der Waals surface area (Å²) in [6.07, 6.45) is 5.02. The monoisotopic (exact) mass is 378 g/mol. The maximum Gasteiger partial charge on any atom is 1.00 e. The van der Waals surface area contributed by atoms with Crippen molar-refractivity contribution in [3.63, 3.8) is 0 Å². The largest absolute Gasteiger partial charge is 1.00 e. The molecule has 0 aliphatic heterocycles. The smallest absolute Gasteiger partial charge is 0.549 e. The van der Waals surface area contributed by atoms with Gasteiger partial charge in [-0.15, -0.1) is 0 Å². The van der Waals surface area contributed by atoms with Crippen LogP contribution in [0.5, 0.6) is 0 Å². The number of carboxylic acids is 2. The van der Waals surface area contributed by atoms with Crippen molar-refractivity contribution >= 4 is 22.1 Å². The molecule has 0 fully saturated rings. The maximum atomic E-state index is 11.8. The molecule has 0 amide bonds. The SMILES string of the molecule is CCCCCCC(CCCCCC)(C(=O)[O-])C(C(=O)[O-])S(=O)(=O)O.[Li+].[Li+]. The van der Waals surface area contributed by atoms with Gasteiger partial charge in [0.2, 0.25) is 0 Å². The first-order valence-electron chi connectivity index (χ1n) is 8.52. The third-order valence-corrected chi connectivity index (χ3v) is 5.61. The molecule has 0 aromatic heterocycles. The molecule has 1 unspecified atom stereocenters. The molecule has 0 bridgehead atoms. The standard InChI is InChI=1S/C16H30O7S.2Li/c1-3-5-7-9-11-16(15(19)20,12-10-8-6-4-2)13(14(17)18)24(21,22)23;;/h13H,3-12H2,1-2H3,(H,17,18)(H,19,20)(H,21,22,23);;/q;2*+1/p-2. The Kier molecular flexibility index (Phi) is 17.8. The van der Waals surface area contributed by atoms with Gasteiger partial charge in [-0.05, 0) is 12.8 Å². The van der Waals surface area contributed by atoms with Crippen molar-refractivity contribution in [2.45, 2.75) is 83.3 Å². The second-order valence-electron chi connectivity index (χ2n) is 6.28. The quantitative estimate of drug-likeness (QED) is 0.181. The molecule has 7 nitrogen and oxygen atoms in total. The Hall–Kier alpha value is 0.0448. The molecule has 0 radical (unpaired) electrons. The van der Waals surface area contributed by atoms with Gasteiger partial charge in [0.25, 0.3) is 10.1 Å². The van der Waals surface area contributed by atoms with Crippen LogP contribution in [-0.2, 0) is 19.7 Å². The normalized spacial score (nSPS) is 12.6. The van der Waals surface area contributed by atoms with E-state index >= 15 is 0 Å². The molecule has 26 heavy (non-hydrogen) atoms. The molecule has 0 saturated carbocycles. The van der Waals surface area contributed by atoms with Gasteiger partial charge in [-0.2, -0.15) is 8.42 Å². The second-order valence-corrected chi connectivity index (χ2v) is 7.78. The van der Waals surface area contributed by atoms with E-state index in [1.165, 1.54) is 0 Å². The van der Waals surface area contributed by atoms with E-state index in [-0.39, 0.29) is 50.6 Å². The number of aliphatic carboxylic acids is 2.